The van der Waals surface area contributed by atoms with E-state index in [9.17, 15) is 4.79 Å². The lowest BCUT2D eigenvalue weighted by atomic mass is 9.99. The normalized spacial score (nSPS) is 24.8. The second-order valence-corrected chi connectivity index (χ2v) is 8.30. The van der Waals surface area contributed by atoms with Gasteiger partial charge >= 0.3 is 0 Å². The SMILES string of the molecule is O=CCP(C1CCCCC1)C1CCCCC1. The number of aldehydes is 1. The molecule has 1 nitrogen and oxygen atoms in total. The molecule has 0 aromatic carbocycles. The van der Waals surface area contributed by atoms with Gasteiger partial charge in [-0.2, -0.15) is 0 Å². The van der Waals surface area contributed by atoms with E-state index in [0.717, 1.165) is 17.5 Å². The lowest BCUT2D eigenvalue weighted by Gasteiger charge is -2.37. The van der Waals surface area contributed by atoms with Gasteiger partial charge in [-0.05, 0) is 37.0 Å². The van der Waals surface area contributed by atoms with Gasteiger partial charge in [0.25, 0.3) is 0 Å². The van der Waals surface area contributed by atoms with E-state index in [1.165, 1.54) is 70.5 Å². The molecule has 0 amide bonds. The average molecular weight is 240 g/mol. The third-order valence-electron chi connectivity index (χ3n) is 4.37. The van der Waals surface area contributed by atoms with E-state index >= 15 is 0 Å². The first-order valence-electron chi connectivity index (χ1n) is 7.11. The Kier molecular flexibility index (Phi) is 5.29. The van der Waals surface area contributed by atoms with Gasteiger partial charge in [0.2, 0.25) is 0 Å². The van der Waals surface area contributed by atoms with Crippen LogP contribution in [0.3, 0.4) is 0 Å². The van der Waals surface area contributed by atoms with Gasteiger partial charge < -0.3 is 4.79 Å². The molecule has 0 bridgehead atoms. The second kappa shape index (κ2) is 6.74. The summed E-state index contributed by atoms with van der Waals surface area (Å²) < 4.78 is 0. The third kappa shape index (κ3) is 3.29. The molecule has 2 rings (SSSR count). The Hall–Kier alpha value is 0.100. The van der Waals surface area contributed by atoms with E-state index in [2.05, 4.69) is 0 Å². The van der Waals surface area contributed by atoms with Gasteiger partial charge in [0.05, 0.1) is 0 Å². The van der Waals surface area contributed by atoms with E-state index < -0.39 is 0 Å². The highest BCUT2D eigenvalue weighted by atomic mass is 31.1. The summed E-state index contributed by atoms with van der Waals surface area (Å²) in [6.07, 6.45) is 16.4. The summed E-state index contributed by atoms with van der Waals surface area (Å²) in [4.78, 5) is 10.9. The Balaban J connectivity index is 1.93. The molecule has 2 aliphatic carbocycles. The molecule has 2 fully saturated rings. The Bertz CT molecular complexity index is 187. The first-order chi connectivity index (χ1) is 7.92. The van der Waals surface area contributed by atoms with Crippen molar-refractivity contribution in [2.45, 2.75) is 75.5 Å². The Morgan fingerprint density at radius 1 is 0.812 bits per heavy atom. The van der Waals surface area contributed by atoms with Crippen LogP contribution in [0.1, 0.15) is 64.2 Å². The molecule has 0 aliphatic heterocycles. The van der Waals surface area contributed by atoms with Crippen LogP contribution in [0.15, 0.2) is 0 Å². The molecule has 0 aromatic rings. The summed E-state index contributed by atoms with van der Waals surface area (Å²) in [6.45, 7) is 0. The number of hydrogen-bond donors (Lipinski definition) is 0. The number of hydrogen-bond acceptors (Lipinski definition) is 1. The zero-order chi connectivity index (χ0) is 11.2. The third-order valence-corrected chi connectivity index (χ3v) is 7.85. The van der Waals surface area contributed by atoms with Crippen molar-refractivity contribution < 1.29 is 4.79 Å². The van der Waals surface area contributed by atoms with Crippen LogP contribution < -0.4 is 0 Å². The molecule has 16 heavy (non-hydrogen) atoms. The maximum absolute atomic E-state index is 10.9. The van der Waals surface area contributed by atoms with Gasteiger partial charge in [0, 0.05) is 6.16 Å². The molecular formula is C14H25OP. The zero-order valence-electron chi connectivity index (χ0n) is 10.4. The lowest BCUT2D eigenvalue weighted by Crippen LogP contribution is -2.22. The standard InChI is InChI=1S/C14H25OP/c15-11-12-16(13-7-3-1-4-8-13)14-9-5-2-6-10-14/h11,13-14H,1-10,12H2. The lowest BCUT2D eigenvalue weighted by molar-refractivity contribution is -0.105. The van der Waals surface area contributed by atoms with Gasteiger partial charge in [-0.15, -0.1) is 0 Å². The van der Waals surface area contributed by atoms with Gasteiger partial charge in [-0.3, -0.25) is 0 Å². The van der Waals surface area contributed by atoms with Crippen molar-refractivity contribution in [3.63, 3.8) is 0 Å². The van der Waals surface area contributed by atoms with Crippen molar-refractivity contribution in [2.24, 2.45) is 0 Å². The molecule has 0 radical (unpaired) electrons. The Morgan fingerprint density at radius 3 is 1.62 bits per heavy atom. The van der Waals surface area contributed by atoms with Crippen LogP contribution >= 0.6 is 7.92 Å². The molecule has 0 aromatic heterocycles. The molecule has 2 saturated carbocycles. The van der Waals surface area contributed by atoms with Crippen molar-refractivity contribution >= 4 is 14.2 Å². The molecule has 92 valence electrons. The maximum Gasteiger partial charge on any atom is 0.124 e. The van der Waals surface area contributed by atoms with Crippen LogP contribution in [0.4, 0.5) is 0 Å². The quantitative estimate of drug-likeness (QED) is 0.528. The fraction of sp³-hybridized carbons (Fsp3) is 0.929. The summed E-state index contributed by atoms with van der Waals surface area (Å²) in [5.41, 5.74) is 1.88. The van der Waals surface area contributed by atoms with Crippen LogP contribution in [0.5, 0.6) is 0 Å². The van der Waals surface area contributed by atoms with Crippen molar-refractivity contribution in [1.82, 2.24) is 0 Å². The predicted molar refractivity (Wildman–Crippen MR) is 71.6 cm³/mol. The number of rotatable bonds is 4. The Labute approximate surface area is 101 Å². The van der Waals surface area contributed by atoms with Crippen LogP contribution in [-0.4, -0.2) is 23.8 Å². The largest absolute Gasteiger partial charge is 0.303 e. The van der Waals surface area contributed by atoms with Crippen LogP contribution in [-0.2, 0) is 4.79 Å². The van der Waals surface area contributed by atoms with Crippen molar-refractivity contribution in [1.29, 1.82) is 0 Å². The first kappa shape index (κ1) is 12.6. The highest BCUT2D eigenvalue weighted by Crippen LogP contribution is 2.54. The topological polar surface area (TPSA) is 17.1 Å². The van der Waals surface area contributed by atoms with Crippen molar-refractivity contribution in [3.8, 4) is 0 Å². The van der Waals surface area contributed by atoms with Crippen molar-refractivity contribution in [3.05, 3.63) is 0 Å². The molecule has 0 heterocycles. The Morgan fingerprint density at radius 2 is 1.25 bits per heavy atom. The fourth-order valence-corrected chi connectivity index (χ4v) is 6.93. The van der Waals surface area contributed by atoms with E-state index in [0.29, 0.717) is 0 Å². The van der Waals surface area contributed by atoms with E-state index in [-0.39, 0.29) is 7.92 Å². The van der Waals surface area contributed by atoms with E-state index in [1.807, 2.05) is 0 Å². The van der Waals surface area contributed by atoms with Gasteiger partial charge in [-0.25, -0.2) is 0 Å². The number of carbonyl (C=O) groups is 1. The molecule has 2 heteroatoms. The number of carbonyl (C=O) groups excluding carboxylic acids is 1. The molecule has 0 N–H and O–H groups in total. The van der Waals surface area contributed by atoms with E-state index in [4.69, 9.17) is 0 Å². The molecule has 0 spiro atoms. The van der Waals surface area contributed by atoms with Crippen molar-refractivity contribution in [2.75, 3.05) is 6.16 Å². The molecule has 0 saturated heterocycles. The zero-order valence-corrected chi connectivity index (χ0v) is 11.3. The van der Waals surface area contributed by atoms with Crippen LogP contribution in [0.2, 0.25) is 0 Å². The van der Waals surface area contributed by atoms with E-state index in [1.54, 1.807) is 0 Å². The summed E-state index contributed by atoms with van der Waals surface area (Å²) in [5.74, 6) is 0. The summed E-state index contributed by atoms with van der Waals surface area (Å²) in [7, 11) is 0.0349. The summed E-state index contributed by atoms with van der Waals surface area (Å²) in [6, 6.07) is 0. The van der Waals surface area contributed by atoms with Crippen LogP contribution in [0, 0.1) is 0 Å². The highest BCUT2D eigenvalue weighted by Gasteiger charge is 2.30. The molecular weight excluding hydrogens is 215 g/mol. The average Bonchev–Trinajstić information content (AvgIpc) is 2.38. The second-order valence-electron chi connectivity index (χ2n) is 5.45. The minimum Gasteiger partial charge on any atom is -0.303 e. The highest BCUT2D eigenvalue weighted by molar-refractivity contribution is 7.60. The fourth-order valence-electron chi connectivity index (χ4n) is 3.51. The van der Waals surface area contributed by atoms with Gasteiger partial charge in [0.1, 0.15) is 6.29 Å². The van der Waals surface area contributed by atoms with Gasteiger partial charge in [-0.1, -0.05) is 46.4 Å². The predicted octanol–water partition coefficient (Wildman–Crippen LogP) is 4.33. The summed E-state index contributed by atoms with van der Waals surface area (Å²) in [5, 5.41) is 0. The molecule has 2 aliphatic rings. The minimum absolute atomic E-state index is 0.0349. The molecule has 0 atom stereocenters. The first-order valence-corrected chi connectivity index (χ1v) is 8.77. The smallest absolute Gasteiger partial charge is 0.124 e. The maximum atomic E-state index is 10.9. The summed E-state index contributed by atoms with van der Waals surface area (Å²) >= 11 is 0. The monoisotopic (exact) mass is 240 g/mol. The van der Waals surface area contributed by atoms with Crippen LogP contribution in [0.25, 0.3) is 0 Å². The molecule has 0 unspecified atom stereocenters. The minimum atomic E-state index is 0.0349. The van der Waals surface area contributed by atoms with Gasteiger partial charge in [0.15, 0.2) is 0 Å².